The smallest absolute Gasteiger partial charge is 0.207 e. The lowest BCUT2D eigenvalue weighted by Crippen LogP contribution is -2.20. The number of carbonyl (C=O) groups excluding carboxylic acids is 1. The van der Waals surface area contributed by atoms with Crippen LogP contribution in [0, 0.1) is 0 Å². The van der Waals surface area contributed by atoms with E-state index in [0.717, 1.165) is 31.0 Å². The van der Waals surface area contributed by atoms with Crippen molar-refractivity contribution < 1.29 is 4.79 Å². The zero-order chi connectivity index (χ0) is 9.26. The highest BCUT2D eigenvalue weighted by Crippen LogP contribution is 2.18. The number of hydrogen-bond acceptors (Lipinski definition) is 3. The van der Waals surface area contributed by atoms with E-state index in [1.54, 1.807) is 0 Å². The predicted molar refractivity (Wildman–Crippen MR) is 46.0 cm³/mol. The van der Waals surface area contributed by atoms with Gasteiger partial charge in [-0.3, -0.25) is 4.79 Å². The minimum absolute atomic E-state index is 0.0446. The SMILES string of the molecule is CC(NC=O)c1nnc2n1CCC2. The number of fused-ring (bicyclic) bond motifs is 1. The molecule has 1 unspecified atom stereocenters. The molecule has 1 amide bonds. The van der Waals surface area contributed by atoms with E-state index in [1.807, 2.05) is 6.92 Å². The van der Waals surface area contributed by atoms with E-state index in [0.29, 0.717) is 6.41 Å². The highest BCUT2D eigenvalue weighted by Gasteiger charge is 2.20. The van der Waals surface area contributed by atoms with Crippen LogP contribution in [0.25, 0.3) is 0 Å². The molecule has 0 fully saturated rings. The number of amides is 1. The number of nitrogens with zero attached hydrogens (tertiary/aromatic N) is 3. The number of rotatable bonds is 3. The van der Waals surface area contributed by atoms with Crippen LogP contribution in [0.5, 0.6) is 0 Å². The minimum atomic E-state index is -0.0446. The van der Waals surface area contributed by atoms with Gasteiger partial charge in [0.15, 0.2) is 5.82 Å². The number of carbonyl (C=O) groups is 1. The second kappa shape index (κ2) is 3.16. The van der Waals surface area contributed by atoms with Crippen molar-refractivity contribution >= 4 is 6.41 Å². The summed E-state index contributed by atoms with van der Waals surface area (Å²) in [6, 6.07) is -0.0446. The summed E-state index contributed by atoms with van der Waals surface area (Å²) in [7, 11) is 0. The van der Waals surface area contributed by atoms with Gasteiger partial charge < -0.3 is 9.88 Å². The van der Waals surface area contributed by atoms with Crippen molar-refractivity contribution in [1.82, 2.24) is 20.1 Å². The molecule has 2 rings (SSSR count). The molecule has 1 aromatic rings. The van der Waals surface area contributed by atoms with Gasteiger partial charge in [-0.25, -0.2) is 0 Å². The summed E-state index contributed by atoms with van der Waals surface area (Å²) in [6.07, 6.45) is 2.83. The molecule has 0 saturated heterocycles. The molecule has 0 aliphatic carbocycles. The van der Waals surface area contributed by atoms with Crippen molar-refractivity contribution in [2.45, 2.75) is 32.4 Å². The van der Waals surface area contributed by atoms with Crippen LogP contribution < -0.4 is 5.32 Å². The van der Waals surface area contributed by atoms with Gasteiger partial charge in [-0.1, -0.05) is 0 Å². The van der Waals surface area contributed by atoms with Gasteiger partial charge in [-0.2, -0.15) is 0 Å². The summed E-state index contributed by atoms with van der Waals surface area (Å²) >= 11 is 0. The van der Waals surface area contributed by atoms with E-state index in [1.165, 1.54) is 0 Å². The monoisotopic (exact) mass is 180 g/mol. The first-order chi connectivity index (χ1) is 6.33. The van der Waals surface area contributed by atoms with E-state index in [9.17, 15) is 4.79 Å². The van der Waals surface area contributed by atoms with Crippen molar-refractivity contribution in [3.05, 3.63) is 11.6 Å². The number of hydrogen-bond donors (Lipinski definition) is 1. The van der Waals surface area contributed by atoms with Crippen molar-refractivity contribution in [3.8, 4) is 0 Å². The molecule has 70 valence electrons. The van der Waals surface area contributed by atoms with Crippen LogP contribution in [-0.2, 0) is 17.8 Å². The van der Waals surface area contributed by atoms with E-state index in [2.05, 4.69) is 20.1 Å². The molecule has 0 saturated carbocycles. The summed E-state index contributed by atoms with van der Waals surface area (Å²) in [6.45, 7) is 2.88. The van der Waals surface area contributed by atoms with Crippen LogP contribution in [-0.4, -0.2) is 21.2 Å². The number of nitrogens with one attached hydrogen (secondary N) is 1. The lowest BCUT2D eigenvalue weighted by atomic mass is 10.3. The molecular weight excluding hydrogens is 168 g/mol. The highest BCUT2D eigenvalue weighted by molar-refractivity contribution is 5.46. The fourth-order valence-corrected chi connectivity index (χ4v) is 1.67. The van der Waals surface area contributed by atoms with Gasteiger partial charge in [0.2, 0.25) is 6.41 Å². The fourth-order valence-electron chi connectivity index (χ4n) is 1.67. The van der Waals surface area contributed by atoms with Gasteiger partial charge in [-0.05, 0) is 13.3 Å². The summed E-state index contributed by atoms with van der Waals surface area (Å²) in [4.78, 5) is 10.2. The van der Waals surface area contributed by atoms with Gasteiger partial charge in [0.1, 0.15) is 5.82 Å². The largest absolute Gasteiger partial charge is 0.349 e. The Kier molecular flexibility index (Phi) is 2.00. The Hall–Kier alpha value is -1.39. The average molecular weight is 180 g/mol. The second-order valence-electron chi connectivity index (χ2n) is 3.24. The van der Waals surface area contributed by atoms with E-state index < -0.39 is 0 Å². The minimum Gasteiger partial charge on any atom is -0.349 e. The Morgan fingerprint density at radius 1 is 1.62 bits per heavy atom. The number of aromatic nitrogens is 3. The molecular formula is C8H12N4O. The average Bonchev–Trinajstić information content (AvgIpc) is 2.62. The molecule has 1 aliphatic rings. The number of aryl methyl sites for hydroxylation is 1. The lowest BCUT2D eigenvalue weighted by Gasteiger charge is -2.09. The zero-order valence-electron chi connectivity index (χ0n) is 7.53. The predicted octanol–water partition coefficient (Wildman–Crippen LogP) is 0.0313. The van der Waals surface area contributed by atoms with Gasteiger partial charge >= 0.3 is 0 Å². The van der Waals surface area contributed by atoms with Crippen LogP contribution in [0.2, 0.25) is 0 Å². The van der Waals surface area contributed by atoms with E-state index in [4.69, 9.17) is 0 Å². The van der Waals surface area contributed by atoms with E-state index in [-0.39, 0.29) is 6.04 Å². The van der Waals surface area contributed by atoms with Crippen molar-refractivity contribution in [3.63, 3.8) is 0 Å². The first kappa shape index (κ1) is 8.22. The Morgan fingerprint density at radius 2 is 2.46 bits per heavy atom. The fraction of sp³-hybridized carbons (Fsp3) is 0.625. The quantitative estimate of drug-likeness (QED) is 0.668. The molecule has 1 N–H and O–H groups in total. The van der Waals surface area contributed by atoms with Crippen LogP contribution in [0.4, 0.5) is 0 Å². The van der Waals surface area contributed by atoms with Gasteiger partial charge in [0.05, 0.1) is 6.04 Å². The maximum absolute atomic E-state index is 10.2. The summed E-state index contributed by atoms with van der Waals surface area (Å²) < 4.78 is 2.08. The molecule has 0 spiro atoms. The Labute approximate surface area is 76.2 Å². The topological polar surface area (TPSA) is 59.8 Å². The molecule has 0 radical (unpaired) electrons. The molecule has 1 aliphatic heterocycles. The summed E-state index contributed by atoms with van der Waals surface area (Å²) in [5.74, 6) is 1.90. The Morgan fingerprint density at radius 3 is 3.23 bits per heavy atom. The Balaban J connectivity index is 2.25. The molecule has 0 aromatic carbocycles. The molecule has 0 bridgehead atoms. The third kappa shape index (κ3) is 1.30. The first-order valence-corrected chi connectivity index (χ1v) is 4.44. The normalized spacial score (nSPS) is 16.7. The summed E-state index contributed by atoms with van der Waals surface area (Å²) in [5.41, 5.74) is 0. The maximum Gasteiger partial charge on any atom is 0.207 e. The highest BCUT2D eigenvalue weighted by atomic mass is 16.1. The van der Waals surface area contributed by atoms with Crippen LogP contribution in [0.3, 0.4) is 0 Å². The third-order valence-corrected chi connectivity index (χ3v) is 2.34. The maximum atomic E-state index is 10.2. The Bertz CT molecular complexity index is 320. The third-order valence-electron chi connectivity index (χ3n) is 2.34. The summed E-state index contributed by atoms with van der Waals surface area (Å²) in [5, 5.41) is 10.8. The zero-order valence-corrected chi connectivity index (χ0v) is 7.53. The molecule has 13 heavy (non-hydrogen) atoms. The first-order valence-electron chi connectivity index (χ1n) is 4.44. The second-order valence-corrected chi connectivity index (χ2v) is 3.24. The van der Waals surface area contributed by atoms with Crippen LogP contribution in [0.15, 0.2) is 0 Å². The van der Waals surface area contributed by atoms with Gasteiger partial charge in [0.25, 0.3) is 0 Å². The molecule has 1 atom stereocenters. The van der Waals surface area contributed by atoms with Gasteiger partial charge in [-0.15, -0.1) is 10.2 Å². The van der Waals surface area contributed by atoms with Crippen molar-refractivity contribution in [2.75, 3.05) is 0 Å². The van der Waals surface area contributed by atoms with E-state index >= 15 is 0 Å². The molecule has 5 heteroatoms. The van der Waals surface area contributed by atoms with Crippen LogP contribution >= 0.6 is 0 Å². The van der Waals surface area contributed by atoms with Crippen LogP contribution in [0.1, 0.15) is 31.0 Å². The van der Waals surface area contributed by atoms with Crippen molar-refractivity contribution in [1.29, 1.82) is 0 Å². The molecule has 5 nitrogen and oxygen atoms in total. The lowest BCUT2D eigenvalue weighted by molar-refractivity contribution is -0.110. The standard InChI is InChI=1S/C8H12N4O/c1-6(9-5-13)8-11-10-7-3-2-4-12(7)8/h5-6H,2-4H2,1H3,(H,9,13). The van der Waals surface area contributed by atoms with Gasteiger partial charge in [0, 0.05) is 13.0 Å². The van der Waals surface area contributed by atoms with Crippen molar-refractivity contribution in [2.24, 2.45) is 0 Å². The molecule has 2 heterocycles. The molecule has 1 aromatic heterocycles.